The van der Waals surface area contributed by atoms with Crippen molar-refractivity contribution in [1.82, 2.24) is 10.3 Å². The lowest BCUT2D eigenvalue weighted by Crippen LogP contribution is -2.29. The fourth-order valence-electron chi connectivity index (χ4n) is 2.04. The van der Waals surface area contributed by atoms with Gasteiger partial charge in [-0.1, -0.05) is 18.2 Å². The Balaban J connectivity index is 2.18. The van der Waals surface area contributed by atoms with Crippen molar-refractivity contribution in [3.8, 4) is 0 Å². The molecular formula is C16H17FN2O2. The zero-order chi connectivity index (χ0) is 15.1. The summed E-state index contributed by atoms with van der Waals surface area (Å²) in [6.45, 7) is 2.40. The van der Waals surface area contributed by atoms with Gasteiger partial charge in [0.25, 0.3) is 0 Å². The lowest BCUT2D eigenvalue weighted by atomic mass is 9.95. The minimum absolute atomic E-state index is 0.156. The molecule has 0 saturated carbocycles. The molecule has 0 aliphatic heterocycles. The van der Waals surface area contributed by atoms with Crippen LogP contribution in [0.15, 0.2) is 48.7 Å². The van der Waals surface area contributed by atoms with Crippen LogP contribution < -0.4 is 5.32 Å². The lowest BCUT2D eigenvalue weighted by molar-refractivity contribution is 0.152. The third-order valence-corrected chi connectivity index (χ3v) is 3.04. The summed E-state index contributed by atoms with van der Waals surface area (Å²) in [4.78, 5) is 15.8. The smallest absolute Gasteiger partial charge is 0.407 e. The number of benzene rings is 1. The van der Waals surface area contributed by atoms with Crippen molar-refractivity contribution in [2.75, 3.05) is 13.2 Å². The average Bonchev–Trinajstić information content (AvgIpc) is 2.50. The van der Waals surface area contributed by atoms with Crippen molar-refractivity contribution >= 4 is 6.09 Å². The number of rotatable bonds is 5. The summed E-state index contributed by atoms with van der Waals surface area (Å²) in [7, 11) is 0. The van der Waals surface area contributed by atoms with Crippen LogP contribution in [0.2, 0.25) is 0 Å². The van der Waals surface area contributed by atoms with Gasteiger partial charge in [0.05, 0.1) is 6.61 Å². The fourth-order valence-corrected chi connectivity index (χ4v) is 2.04. The maximum absolute atomic E-state index is 13.1. The number of aromatic nitrogens is 1. The average molecular weight is 288 g/mol. The highest BCUT2D eigenvalue weighted by molar-refractivity contribution is 5.67. The zero-order valence-electron chi connectivity index (χ0n) is 11.8. The number of nitrogens with zero attached hydrogens (tertiary/aromatic N) is 1. The van der Waals surface area contributed by atoms with Crippen molar-refractivity contribution in [1.29, 1.82) is 0 Å². The number of hydrogen-bond donors (Lipinski definition) is 1. The molecule has 1 amide bonds. The third kappa shape index (κ3) is 4.27. The summed E-state index contributed by atoms with van der Waals surface area (Å²) in [5.41, 5.74) is 1.69. The van der Waals surface area contributed by atoms with Crippen LogP contribution in [0, 0.1) is 5.82 Å². The van der Waals surface area contributed by atoms with Crippen LogP contribution in [0.3, 0.4) is 0 Å². The summed E-state index contributed by atoms with van der Waals surface area (Å²) in [5.74, 6) is -0.451. The molecule has 0 fully saturated rings. The van der Waals surface area contributed by atoms with Gasteiger partial charge in [0, 0.05) is 24.4 Å². The van der Waals surface area contributed by atoms with Gasteiger partial charge in [0.15, 0.2) is 0 Å². The van der Waals surface area contributed by atoms with Crippen molar-refractivity contribution < 1.29 is 13.9 Å². The molecule has 2 aromatic rings. The predicted molar refractivity (Wildman–Crippen MR) is 77.5 cm³/mol. The Morgan fingerprint density at radius 2 is 2.05 bits per heavy atom. The van der Waals surface area contributed by atoms with Crippen LogP contribution in [0.25, 0.3) is 0 Å². The molecule has 1 aromatic carbocycles. The molecular weight excluding hydrogens is 271 g/mol. The first kappa shape index (κ1) is 15.0. The van der Waals surface area contributed by atoms with E-state index in [4.69, 9.17) is 4.74 Å². The minimum Gasteiger partial charge on any atom is -0.450 e. The second-order valence-electron chi connectivity index (χ2n) is 4.46. The molecule has 1 N–H and O–H groups in total. The van der Waals surface area contributed by atoms with Gasteiger partial charge in [-0.25, -0.2) is 9.18 Å². The molecule has 110 valence electrons. The van der Waals surface area contributed by atoms with Gasteiger partial charge in [0.2, 0.25) is 0 Å². The highest BCUT2D eigenvalue weighted by Gasteiger charge is 2.16. The molecule has 1 aromatic heterocycles. The highest BCUT2D eigenvalue weighted by Crippen LogP contribution is 2.22. The molecule has 1 unspecified atom stereocenters. The Morgan fingerprint density at radius 1 is 1.29 bits per heavy atom. The van der Waals surface area contributed by atoms with Crippen LogP contribution in [0.5, 0.6) is 0 Å². The Hall–Kier alpha value is -2.43. The second kappa shape index (κ2) is 7.38. The summed E-state index contributed by atoms with van der Waals surface area (Å²) < 4.78 is 17.9. The van der Waals surface area contributed by atoms with Crippen molar-refractivity contribution in [2.24, 2.45) is 0 Å². The maximum atomic E-state index is 13.1. The molecule has 1 atom stereocenters. The standard InChI is InChI=1S/C16H17FN2O2/c1-2-21-16(20)19-11-14(15-5-3-4-10-18-15)12-6-8-13(17)9-7-12/h3-10,14H,2,11H2,1H3,(H,19,20). The molecule has 0 radical (unpaired) electrons. The van der Waals surface area contributed by atoms with Gasteiger partial charge >= 0.3 is 6.09 Å². The van der Waals surface area contributed by atoms with E-state index >= 15 is 0 Å². The Kier molecular flexibility index (Phi) is 5.26. The van der Waals surface area contributed by atoms with E-state index in [1.165, 1.54) is 12.1 Å². The first-order chi connectivity index (χ1) is 10.2. The van der Waals surface area contributed by atoms with E-state index in [1.807, 2.05) is 18.2 Å². The van der Waals surface area contributed by atoms with Gasteiger partial charge in [-0.2, -0.15) is 0 Å². The van der Waals surface area contributed by atoms with Gasteiger partial charge in [-0.15, -0.1) is 0 Å². The first-order valence-electron chi connectivity index (χ1n) is 6.77. The van der Waals surface area contributed by atoms with E-state index in [-0.39, 0.29) is 11.7 Å². The number of nitrogens with one attached hydrogen (secondary N) is 1. The third-order valence-electron chi connectivity index (χ3n) is 3.04. The number of alkyl carbamates (subject to hydrolysis) is 1. The molecule has 0 aliphatic rings. The van der Waals surface area contributed by atoms with E-state index in [9.17, 15) is 9.18 Å². The molecule has 5 heteroatoms. The molecule has 2 rings (SSSR count). The maximum Gasteiger partial charge on any atom is 0.407 e. The van der Waals surface area contributed by atoms with Gasteiger partial charge in [0.1, 0.15) is 5.82 Å². The summed E-state index contributed by atoms with van der Waals surface area (Å²) in [6, 6.07) is 11.8. The normalized spacial score (nSPS) is 11.7. The van der Waals surface area contributed by atoms with E-state index < -0.39 is 6.09 Å². The van der Waals surface area contributed by atoms with Crippen molar-refractivity contribution in [2.45, 2.75) is 12.8 Å². The predicted octanol–water partition coefficient (Wildman–Crippen LogP) is 3.10. The van der Waals surface area contributed by atoms with Gasteiger partial charge < -0.3 is 10.1 Å². The molecule has 0 aliphatic carbocycles. The molecule has 1 heterocycles. The fraction of sp³-hybridized carbons (Fsp3) is 0.250. The Bertz CT molecular complexity index is 573. The number of ether oxygens (including phenoxy) is 1. The van der Waals surface area contributed by atoms with Crippen molar-refractivity contribution in [3.63, 3.8) is 0 Å². The number of carbonyl (C=O) groups excluding carboxylic acids is 1. The summed E-state index contributed by atoms with van der Waals surface area (Å²) in [5, 5.41) is 2.70. The molecule has 4 nitrogen and oxygen atoms in total. The van der Waals surface area contributed by atoms with Crippen LogP contribution in [-0.4, -0.2) is 24.2 Å². The molecule has 0 spiro atoms. The summed E-state index contributed by atoms with van der Waals surface area (Å²) >= 11 is 0. The Labute approximate surface area is 123 Å². The second-order valence-corrected chi connectivity index (χ2v) is 4.46. The van der Waals surface area contributed by atoms with Crippen LogP contribution in [-0.2, 0) is 4.74 Å². The highest BCUT2D eigenvalue weighted by atomic mass is 19.1. The van der Waals surface area contributed by atoms with E-state index in [1.54, 1.807) is 25.3 Å². The van der Waals surface area contributed by atoms with E-state index in [2.05, 4.69) is 10.3 Å². The zero-order valence-corrected chi connectivity index (χ0v) is 11.8. The quantitative estimate of drug-likeness (QED) is 0.919. The van der Waals surface area contributed by atoms with Crippen LogP contribution >= 0.6 is 0 Å². The van der Waals surface area contributed by atoms with Gasteiger partial charge in [-0.3, -0.25) is 4.98 Å². The monoisotopic (exact) mass is 288 g/mol. The van der Waals surface area contributed by atoms with E-state index in [0.29, 0.717) is 13.2 Å². The molecule has 0 bridgehead atoms. The molecule has 0 saturated heterocycles. The summed E-state index contributed by atoms with van der Waals surface area (Å²) in [6.07, 6.45) is 1.22. The lowest BCUT2D eigenvalue weighted by Gasteiger charge is -2.17. The SMILES string of the molecule is CCOC(=O)NCC(c1ccc(F)cc1)c1ccccn1. The van der Waals surface area contributed by atoms with Gasteiger partial charge in [-0.05, 0) is 36.8 Å². The number of hydrogen-bond acceptors (Lipinski definition) is 3. The largest absolute Gasteiger partial charge is 0.450 e. The van der Waals surface area contributed by atoms with Crippen LogP contribution in [0.1, 0.15) is 24.1 Å². The number of halogens is 1. The Morgan fingerprint density at radius 3 is 2.67 bits per heavy atom. The first-order valence-corrected chi connectivity index (χ1v) is 6.77. The number of carbonyl (C=O) groups is 1. The van der Waals surface area contributed by atoms with Crippen molar-refractivity contribution in [3.05, 3.63) is 65.7 Å². The number of amides is 1. The topological polar surface area (TPSA) is 51.2 Å². The van der Waals surface area contributed by atoms with Crippen LogP contribution in [0.4, 0.5) is 9.18 Å². The van der Waals surface area contributed by atoms with E-state index in [0.717, 1.165) is 11.3 Å². The molecule has 21 heavy (non-hydrogen) atoms. The number of pyridine rings is 1. The minimum atomic E-state index is -0.472.